The maximum atomic E-state index is 5.54. The highest BCUT2D eigenvalue weighted by molar-refractivity contribution is 5.44. The van der Waals surface area contributed by atoms with Crippen molar-refractivity contribution < 1.29 is 0 Å². The van der Waals surface area contributed by atoms with E-state index in [1.54, 1.807) is 0 Å². The second-order valence-corrected chi connectivity index (χ2v) is 5.79. The van der Waals surface area contributed by atoms with Crippen LogP contribution < -0.4 is 11.3 Å². The van der Waals surface area contributed by atoms with Gasteiger partial charge < -0.3 is 5.43 Å². The van der Waals surface area contributed by atoms with Crippen LogP contribution in [0.5, 0.6) is 0 Å². The summed E-state index contributed by atoms with van der Waals surface area (Å²) in [7, 11) is 0. The van der Waals surface area contributed by atoms with Crippen LogP contribution >= 0.6 is 0 Å². The first-order valence-electron chi connectivity index (χ1n) is 7.47. The number of hydrazine groups is 1. The van der Waals surface area contributed by atoms with Gasteiger partial charge in [-0.3, -0.25) is 0 Å². The molecule has 0 aromatic carbocycles. The third kappa shape index (κ3) is 3.24. The molecule has 1 aromatic rings. The van der Waals surface area contributed by atoms with Crippen LogP contribution in [0.1, 0.15) is 68.4 Å². The summed E-state index contributed by atoms with van der Waals surface area (Å²) in [5.41, 5.74) is 4.78. The molecule has 1 aliphatic carbocycles. The SMILES string of the molecule is CCCC1CCC(c2nc(C)c(C)c(NN)n2)CC1. The van der Waals surface area contributed by atoms with E-state index in [1.165, 1.54) is 38.5 Å². The van der Waals surface area contributed by atoms with Crippen molar-refractivity contribution in [3.63, 3.8) is 0 Å². The van der Waals surface area contributed by atoms with E-state index in [4.69, 9.17) is 5.84 Å². The highest BCUT2D eigenvalue weighted by Crippen LogP contribution is 2.36. The van der Waals surface area contributed by atoms with Gasteiger partial charge in [-0.2, -0.15) is 0 Å². The lowest BCUT2D eigenvalue weighted by Crippen LogP contribution is -2.18. The van der Waals surface area contributed by atoms with Gasteiger partial charge in [0.15, 0.2) is 0 Å². The first-order chi connectivity index (χ1) is 9.15. The zero-order valence-corrected chi connectivity index (χ0v) is 12.4. The van der Waals surface area contributed by atoms with Crippen LogP contribution in [0, 0.1) is 19.8 Å². The van der Waals surface area contributed by atoms with Gasteiger partial charge in [0.1, 0.15) is 11.6 Å². The fraction of sp³-hybridized carbons (Fsp3) is 0.733. The smallest absolute Gasteiger partial charge is 0.146 e. The van der Waals surface area contributed by atoms with E-state index in [-0.39, 0.29) is 0 Å². The average Bonchev–Trinajstić information content (AvgIpc) is 2.43. The molecular formula is C15H26N4. The average molecular weight is 262 g/mol. The van der Waals surface area contributed by atoms with E-state index in [0.29, 0.717) is 5.92 Å². The molecule has 0 unspecified atom stereocenters. The zero-order chi connectivity index (χ0) is 13.8. The Morgan fingerprint density at radius 3 is 2.42 bits per heavy atom. The van der Waals surface area contributed by atoms with Crippen LogP contribution in [0.15, 0.2) is 0 Å². The van der Waals surface area contributed by atoms with E-state index in [1.807, 2.05) is 13.8 Å². The third-order valence-electron chi connectivity index (χ3n) is 4.45. The number of nitrogen functional groups attached to an aromatic ring is 1. The second kappa shape index (κ2) is 6.33. The van der Waals surface area contributed by atoms with Gasteiger partial charge in [-0.05, 0) is 45.4 Å². The normalized spacial score (nSPS) is 23.4. The predicted molar refractivity (Wildman–Crippen MR) is 78.9 cm³/mol. The molecule has 106 valence electrons. The molecule has 0 amide bonds. The van der Waals surface area contributed by atoms with E-state index >= 15 is 0 Å². The Labute approximate surface area is 116 Å². The van der Waals surface area contributed by atoms with Gasteiger partial charge in [0.05, 0.1) is 0 Å². The van der Waals surface area contributed by atoms with Crippen LogP contribution in [-0.4, -0.2) is 9.97 Å². The number of nitrogens with zero attached hydrogens (tertiary/aromatic N) is 2. The predicted octanol–water partition coefficient (Wildman–Crippen LogP) is 3.45. The molecule has 1 aliphatic rings. The minimum Gasteiger partial charge on any atom is -0.308 e. The quantitative estimate of drug-likeness (QED) is 0.644. The van der Waals surface area contributed by atoms with Crippen LogP contribution in [-0.2, 0) is 0 Å². The Balaban J connectivity index is 2.09. The second-order valence-electron chi connectivity index (χ2n) is 5.79. The number of aryl methyl sites for hydroxylation is 1. The van der Waals surface area contributed by atoms with Crippen molar-refractivity contribution in [3.05, 3.63) is 17.1 Å². The van der Waals surface area contributed by atoms with Crippen LogP contribution in [0.4, 0.5) is 5.82 Å². The van der Waals surface area contributed by atoms with E-state index in [0.717, 1.165) is 28.8 Å². The van der Waals surface area contributed by atoms with E-state index in [9.17, 15) is 0 Å². The molecule has 4 heteroatoms. The highest BCUT2D eigenvalue weighted by Gasteiger charge is 2.24. The summed E-state index contributed by atoms with van der Waals surface area (Å²) in [6.07, 6.45) is 7.75. The summed E-state index contributed by atoms with van der Waals surface area (Å²) in [5, 5.41) is 0. The lowest BCUT2D eigenvalue weighted by Gasteiger charge is -2.27. The summed E-state index contributed by atoms with van der Waals surface area (Å²) in [6, 6.07) is 0. The van der Waals surface area contributed by atoms with Crippen molar-refractivity contribution in [2.75, 3.05) is 5.43 Å². The summed E-state index contributed by atoms with van der Waals surface area (Å²) in [5.74, 6) is 8.72. The molecule has 0 spiro atoms. The van der Waals surface area contributed by atoms with Crippen molar-refractivity contribution >= 4 is 5.82 Å². The Kier molecular flexibility index (Phi) is 4.75. The van der Waals surface area contributed by atoms with Crippen LogP contribution in [0.25, 0.3) is 0 Å². The molecule has 1 fully saturated rings. The van der Waals surface area contributed by atoms with Crippen LogP contribution in [0.3, 0.4) is 0 Å². The van der Waals surface area contributed by atoms with E-state index in [2.05, 4.69) is 22.3 Å². The van der Waals surface area contributed by atoms with Gasteiger partial charge in [-0.15, -0.1) is 0 Å². The maximum absolute atomic E-state index is 5.54. The molecule has 0 aliphatic heterocycles. The molecule has 0 saturated heterocycles. The fourth-order valence-electron chi connectivity index (χ4n) is 3.09. The molecular weight excluding hydrogens is 236 g/mol. The molecule has 1 aromatic heterocycles. The summed E-state index contributed by atoms with van der Waals surface area (Å²) in [4.78, 5) is 9.27. The highest BCUT2D eigenvalue weighted by atomic mass is 15.3. The molecule has 1 saturated carbocycles. The maximum Gasteiger partial charge on any atom is 0.146 e. The molecule has 0 bridgehead atoms. The largest absolute Gasteiger partial charge is 0.308 e. The standard InChI is InChI=1S/C15H26N4/c1-4-5-12-6-8-13(9-7-12)15-17-11(3)10(2)14(18-15)19-16/h12-13H,4-9,16H2,1-3H3,(H,17,18,19). The summed E-state index contributed by atoms with van der Waals surface area (Å²) < 4.78 is 0. The van der Waals surface area contributed by atoms with Gasteiger partial charge in [0, 0.05) is 17.2 Å². The lowest BCUT2D eigenvalue weighted by atomic mass is 9.79. The number of hydrogen-bond acceptors (Lipinski definition) is 4. The number of hydrogen-bond donors (Lipinski definition) is 2. The molecule has 0 radical (unpaired) electrons. The van der Waals surface area contributed by atoms with Crippen molar-refractivity contribution in [3.8, 4) is 0 Å². The van der Waals surface area contributed by atoms with Gasteiger partial charge in [0.25, 0.3) is 0 Å². The van der Waals surface area contributed by atoms with Crippen molar-refractivity contribution in [1.82, 2.24) is 9.97 Å². The molecule has 2 rings (SSSR count). The lowest BCUT2D eigenvalue weighted by molar-refractivity contribution is 0.302. The minimum absolute atomic E-state index is 0.513. The number of nitrogens with one attached hydrogen (secondary N) is 1. The molecule has 19 heavy (non-hydrogen) atoms. The number of aromatic nitrogens is 2. The zero-order valence-electron chi connectivity index (χ0n) is 12.4. The topological polar surface area (TPSA) is 63.8 Å². The van der Waals surface area contributed by atoms with Crippen molar-refractivity contribution in [1.29, 1.82) is 0 Å². The van der Waals surface area contributed by atoms with Crippen LogP contribution in [0.2, 0.25) is 0 Å². The molecule has 0 atom stereocenters. The molecule has 4 nitrogen and oxygen atoms in total. The monoisotopic (exact) mass is 262 g/mol. The Bertz CT molecular complexity index is 422. The Morgan fingerprint density at radius 2 is 1.84 bits per heavy atom. The molecule has 3 N–H and O–H groups in total. The van der Waals surface area contributed by atoms with Gasteiger partial charge in [-0.1, -0.05) is 19.8 Å². The summed E-state index contributed by atoms with van der Waals surface area (Å²) >= 11 is 0. The Morgan fingerprint density at radius 1 is 1.16 bits per heavy atom. The minimum atomic E-state index is 0.513. The van der Waals surface area contributed by atoms with Gasteiger partial charge >= 0.3 is 0 Å². The van der Waals surface area contributed by atoms with E-state index < -0.39 is 0 Å². The first-order valence-corrected chi connectivity index (χ1v) is 7.47. The number of rotatable bonds is 4. The Hall–Kier alpha value is -1.16. The van der Waals surface area contributed by atoms with Crippen molar-refractivity contribution in [2.24, 2.45) is 11.8 Å². The fourth-order valence-corrected chi connectivity index (χ4v) is 3.09. The molecule has 1 heterocycles. The third-order valence-corrected chi connectivity index (χ3v) is 4.45. The van der Waals surface area contributed by atoms with Crippen molar-refractivity contribution in [2.45, 2.75) is 65.2 Å². The number of nitrogens with two attached hydrogens (primary N) is 1. The van der Waals surface area contributed by atoms with Gasteiger partial charge in [0.2, 0.25) is 0 Å². The summed E-state index contributed by atoms with van der Waals surface area (Å²) in [6.45, 7) is 6.31. The number of anilines is 1. The van der Waals surface area contributed by atoms with Gasteiger partial charge in [-0.25, -0.2) is 15.8 Å². The first kappa shape index (κ1) is 14.3.